The zero-order valence-electron chi connectivity index (χ0n) is 4.88. The van der Waals surface area contributed by atoms with Gasteiger partial charge in [-0.05, 0) is 0 Å². The van der Waals surface area contributed by atoms with E-state index >= 15 is 0 Å². The molecule has 52 valence electrons. The van der Waals surface area contributed by atoms with Gasteiger partial charge in [-0.2, -0.15) is 0 Å². The Balaban J connectivity index is 3.04. The van der Waals surface area contributed by atoms with Gasteiger partial charge in [-0.1, -0.05) is 0 Å². The van der Waals surface area contributed by atoms with E-state index in [1.54, 1.807) is 0 Å². The number of rotatable bonds is 2. The molecule has 0 spiro atoms. The Hall–Kier alpha value is 2.26. The van der Waals surface area contributed by atoms with Crippen molar-refractivity contribution in [2.45, 2.75) is 19.3 Å². The summed E-state index contributed by atoms with van der Waals surface area (Å²) >= 11 is 4.10. The normalized spacial score (nSPS) is 6.67. The second-order valence-corrected chi connectivity index (χ2v) is 2.47. The third-order valence-electron chi connectivity index (χ3n) is 0.737. The molecule has 0 fully saturated rings. The molecule has 0 radical (unpaired) electrons. The van der Waals surface area contributed by atoms with Crippen molar-refractivity contribution in [3.63, 3.8) is 0 Å². The number of hydrogen-bond acceptors (Lipinski definition) is 0. The van der Waals surface area contributed by atoms with E-state index in [4.69, 9.17) is 0 Å². The second-order valence-electron chi connectivity index (χ2n) is 1.40. The molecule has 0 nitrogen and oxygen atoms in total. The van der Waals surface area contributed by atoms with Gasteiger partial charge in [0.05, 0.1) is 0 Å². The fourth-order valence-corrected chi connectivity index (χ4v) is 0.899. The molecule has 0 aromatic rings. The van der Waals surface area contributed by atoms with E-state index in [2.05, 4.69) is 12.6 Å². The minimum atomic E-state index is 0.980. The third kappa shape index (κ3) is 10.3. The summed E-state index contributed by atoms with van der Waals surface area (Å²) in [5.41, 5.74) is 0. The third-order valence-corrected chi connectivity index (χ3v) is 1.50. The van der Waals surface area contributed by atoms with Crippen molar-refractivity contribution in [2.24, 2.45) is 0 Å². The first kappa shape index (κ1) is 11.3. The molecule has 0 saturated carbocycles. The van der Waals surface area contributed by atoms with Crippen molar-refractivity contribution in [2.75, 3.05) is 0 Å². The van der Waals surface area contributed by atoms with Gasteiger partial charge in [-0.15, -0.1) is 0 Å². The minimum absolute atomic E-state index is 0.980. The summed E-state index contributed by atoms with van der Waals surface area (Å²) in [5.74, 6) is 5.95. The van der Waals surface area contributed by atoms with Crippen LogP contribution < -0.4 is 0 Å². The van der Waals surface area contributed by atoms with Gasteiger partial charge in [0, 0.05) is 0 Å². The average Bonchev–Trinajstić information content (AvgIpc) is 1.89. The molecule has 9 heavy (non-hydrogen) atoms. The summed E-state index contributed by atoms with van der Waals surface area (Å²) < 4.78 is 5.63. The fraction of sp³-hybridized carbons (Fsp3) is 0.429. The Kier molecular flexibility index (Phi) is 12.8. The average molecular weight is 355 g/mol. The first-order valence-corrected chi connectivity index (χ1v) is 4.74. The Bertz CT molecular complexity index is 143. The summed E-state index contributed by atoms with van der Waals surface area (Å²) in [5, 5.41) is 0. The molecule has 0 aliphatic heterocycles. The quantitative estimate of drug-likeness (QED) is 0.504. The molecule has 0 rings (SSSR count). The van der Waals surface area contributed by atoms with E-state index in [1.807, 2.05) is 93.1 Å². The molecule has 0 aliphatic carbocycles. The molecule has 0 amide bonds. The molecule has 0 aliphatic rings. The van der Waals surface area contributed by atoms with E-state index < -0.39 is 0 Å². The van der Waals surface area contributed by atoms with Crippen molar-refractivity contribution >= 4 is 0 Å². The van der Waals surface area contributed by atoms with Gasteiger partial charge in [-0.3, -0.25) is 0 Å². The maximum absolute atomic E-state index is 2.97. The molecule has 2 heteroatoms. The summed E-state index contributed by atoms with van der Waals surface area (Å²) in [6.07, 6.45) is 3.06. The zero-order valence-corrected chi connectivity index (χ0v) is 9.19. The van der Waals surface area contributed by atoms with Gasteiger partial charge < -0.3 is 0 Å². The number of unbranched alkanes of at least 4 members (excludes halogenated alkanes) is 2. The maximum atomic E-state index is 2.97. The molecule has 0 heterocycles. The van der Waals surface area contributed by atoms with E-state index in [-0.39, 0.29) is 0 Å². The van der Waals surface area contributed by atoms with Gasteiger partial charge in [-0.25, -0.2) is 0 Å². The van der Waals surface area contributed by atoms with Gasteiger partial charge >= 0.3 is 125 Å². The van der Waals surface area contributed by atoms with Crippen molar-refractivity contribution < 1.29 is 93.1 Å². The van der Waals surface area contributed by atoms with Gasteiger partial charge in [0.25, 0.3) is 0 Å². The van der Waals surface area contributed by atoms with Gasteiger partial charge in [0.15, 0.2) is 0 Å². The summed E-state index contributed by atoms with van der Waals surface area (Å²) in [6.45, 7) is 0. The molecule has 0 bridgehead atoms. The van der Waals surface area contributed by atoms with Crippen LogP contribution in [-0.2, 0) is 0 Å². The van der Waals surface area contributed by atoms with Crippen LogP contribution in [0.3, 0.4) is 0 Å². The van der Waals surface area contributed by atoms with E-state index in [9.17, 15) is 0 Å². The SMILES string of the molecule is [XeH]C#CCCCC#C[XeH]. The Morgan fingerprint density at radius 2 is 1.33 bits per heavy atom. The fourth-order valence-electron chi connectivity index (χ4n) is 0.360. The predicted molar refractivity (Wildman–Crippen MR) is 32.2 cm³/mol. The first-order valence-electron chi connectivity index (χ1n) is 2.59. The van der Waals surface area contributed by atoms with Crippen LogP contribution in [-0.4, -0.2) is 0 Å². The van der Waals surface area contributed by atoms with Crippen LogP contribution in [0.15, 0.2) is 0 Å². The summed E-state index contributed by atoms with van der Waals surface area (Å²) in [4.78, 5) is 0. The summed E-state index contributed by atoms with van der Waals surface area (Å²) in [7, 11) is 0. The monoisotopic (exact) mass is 356 g/mol. The molecule has 0 aromatic carbocycles. The number of hydrogen-bond donors (Lipinski definition) is 0. The van der Waals surface area contributed by atoms with E-state index in [1.165, 1.54) is 0 Å². The van der Waals surface area contributed by atoms with Crippen LogP contribution >= 0.6 is 0 Å². The van der Waals surface area contributed by atoms with Gasteiger partial charge in [0.1, 0.15) is 0 Å². The molecule has 0 atom stereocenters. The summed E-state index contributed by atoms with van der Waals surface area (Å²) in [6, 6.07) is 0. The van der Waals surface area contributed by atoms with Gasteiger partial charge in [0.2, 0.25) is 0 Å². The van der Waals surface area contributed by atoms with Crippen molar-refractivity contribution in [3.8, 4) is 12.6 Å². The molecular formula is C7H8Xe2. The topological polar surface area (TPSA) is 0 Å². The van der Waals surface area contributed by atoms with Crippen LogP contribution in [0.25, 0.3) is 0 Å². The molecule has 0 aromatic heterocycles. The van der Waals surface area contributed by atoms with Crippen LogP contribution in [0, 0.1) is 106 Å². The zero-order chi connectivity index (χ0) is 6.95. The Morgan fingerprint density at radius 3 is 1.67 bits per heavy atom. The van der Waals surface area contributed by atoms with E-state index in [0.29, 0.717) is 0 Å². The van der Waals surface area contributed by atoms with Crippen molar-refractivity contribution in [1.29, 1.82) is 0 Å². The first-order chi connectivity index (χ1) is 4.41. The predicted octanol–water partition coefficient (Wildman–Crippen LogP) is 0.642. The molecule has 0 saturated heterocycles. The van der Waals surface area contributed by atoms with Crippen LogP contribution in [0.1, 0.15) is 19.3 Å². The molecule has 0 unspecified atom stereocenters. The van der Waals surface area contributed by atoms with Crippen LogP contribution in [0.5, 0.6) is 0 Å². The Morgan fingerprint density at radius 1 is 0.889 bits per heavy atom. The van der Waals surface area contributed by atoms with Crippen molar-refractivity contribution in [3.05, 3.63) is 0 Å². The second kappa shape index (κ2) is 10.3. The van der Waals surface area contributed by atoms with Crippen molar-refractivity contribution in [1.82, 2.24) is 0 Å². The molecular weight excluding hydrogens is 347 g/mol. The molecule has 0 N–H and O–H groups in total. The van der Waals surface area contributed by atoms with Crippen LogP contribution in [0.4, 0.5) is 0 Å². The van der Waals surface area contributed by atoms with E-state index in [0.717, 1.165) is 19.3 Å². The van der Waals surface area contributed by atoms with Crippen LogP contribution in [0.2, 0.25) is 0 Å². The Labute approximate surface area is 121 Å². The standard InChI is InChI=1S/C7H8Xe2/c8-6-4-2-1-3-5-7-9/h8-9H,1-3H2.